The van der Waals surface area contributed by atoms with Gasteiger partial charge >= 0.3 is 5.97 Å². The fourth-order valence-corrected chi connectivity index (χ4v) is 7.28. The van der Waals surface area contributed by atoms with E-state index in [4.69, 9.17) is 14.2 Å². The first-order chi connectivity index (χ1) is 21.4. The van der Waals surface area contributed by atoms with Crippen molar-refractivity contribution >= 4 is 5.97 Å². The second-order valence-electron chi connectivity index (χ2n) is 14.0. The molecule has 0 aliphatic carbocycles. The Bertz CT molecular complexity index is 801. The van der Waals surface area contributed by atoms with Gasteiger partial charge in [0.1, 0.15) is 6.10 Å². The minimum Gasteiger partial charge on any atom is -0.455 e. The van der Waals surface area contributed by atoms with Gasteiger partial charge in [-0.15, -0.1) is 0 Å². The van der Waals surface area contributed by atoms with E-state index in [0.717, 1.165) is 77.0 Å². The minimum absolute atomic E-state index is 0.0519. The highest BCUT2D eigenvalue weighted by molar-refractivity contribution is 5.90. The molecule has 3 heterocycles. The van der Waals surface area contributed by atoms with E-state index in [9.17, 15) is 20.1 Å². The molecule has 3 aliphatic heterocycles. The van der Waals surface area contributed by atoms with Gasteiger partial charge in [0, 0.05) is 12.0 Å². The van der Waals surface area contributed by atoms with Crippen molar-refractivity contribution in [3.63, 3.8) is 0 Å². The fraction of sp³-hybridized carbons (Fsp3) is 0.919. The van der Waals surface area contributed by atoms with Crippen LogP contribution in [0.1, 0.15) is 168 Å². The van der Waals surface area contributed by atoms with Crippen LogP contribution in [-0.2, 0) is 19.0 Å². The number of ether oxygens (including phenoxy) is 3. The molecule has 256 valence electrons. The Labute approximate surface area is 268 Å². The highest BCUT2D eigenvalue weighted by atomic mass is 16.6. The van der Waals surface area contributed by atoms with E-state index in [1.807, 2.05) is 13.0 Å². The summed E-state index contributed by atoms with van der Waals surface area (Å²) >= 11 is 0. The van der Waals surface area contributed by atoms with Crippen molar-refractivity contribution < 1.29 is 34.3 Å². The molecule has 7 nitrogen and oxygen atoms in total. The number of hydrogen-bond donors (Lipinski definition) is 3. The predicted molar refractivity (Wildman–Crippen MR) is 175 cm³/mol. The Balaban J connectivity index is 1.13. The van der Waals surface area contributed by atoms with E-state index >= 15 is 0 Å². The van der Waals surface area contributed by atoms with Gasteiger partial charge in [0.25, 0.3) is 0 Å². The molecule has 0 amide bonds. The zero-order valence-electron chi connectivity index (χ0n) is 28.1. The lowest BCUT2D eigenvalue weighted by Gasteiger charge is -2.24. The van der Waals surface area contributed by atoms with Crippen LogP contribution in [0.15, 0.2) is 11.6 Å². The van der Waals surface area contributed by atoms with E-state index in [0.29, 0.717) is 12.0 Å². The van der Waals surface area contributed by atoms with Gasteiger partial charge in [-0.25, -0.2) is 4.79 Å². The van der Waals surface area contributed by atoms with Gasteiger partial charge in [-0.05, 0) is 57.9 Å². The van der Waals surface area contributed by atoms with Crippen LogP contribution in [0.4, 0.5) is 0 Å². The van der Waals surface area contributed by atoms with Crippen LogP contribution >= 0.6 is 0 Å². The monoisotopic (exact) mass is 622 g/mol. The molecule has 8 atom stereocenters. The molecule has 3 rings (SSSR count). The van der Waals surface area contributed by atoms with Crippen molar-refractivity contribution in [3.8, 4) is 0 Å². The summed E-state index contributed by atoms with van der Waals surface area (Å²) in [6.07, 6.45) is 26.1. The summed E-state index contributed by atoms with van der Waals surface area (Å²) in [5.74, 6) is -0.281. The van der Waals surface area contributed by atoms with Crippen molar-refractivity contribution in [3.05, 3.63) is 11.6 Å². The summed E-state index contributed by atoms with van der Waals surface area (Å²) in [7, 11) is 0. The normalized spacial score (nSPS) is 27.4. The van der Waals surface area contributed by atoms with E-state index in [2.05, 4.69) is 6.92 Å². The third kappa shape index (κ3) is 14.2. The number of esters is 1. The lowest BCUT2D eigenvalue weighted by molar-refractivity contribution is -0.139. The maximum absolute atomic E-state index is 11.7. The molecule has 3 N–H and O–H groups in total. The largest absolute Gasteiger partial charge is 0.455 e. The first kappa shape index (κ1) is 37.5. The molecule has 3 aliphatic rings. The van der Waals surface area contributed by atoms with Gasteiger partial charge in [0.15, 0.2) is 0 Å². The van der Waals surface area contributed by atoms with E-state index in [1.165, 1.54) is 70.6 Å². The first-order valence-corrected chi connectivity index (χ1v) is 18.6. The Morgan fingerprint density at radius 2 is 1.09 bits per heavy atom. The van der Waals surface area contributed by atoms with Gasteiger partial charge in [-0.2, -0.15) is 0 Å². The molecular weight excluding hydrogens is 556 g/mol. The smallest absolute Gasteiger partial charge is 0.334 e. The second-order valence-corrected chi connectivity index (χ2v) is 14.0. The molecule has 0 aromatic heterocycles. The summed E-state index contributed by atoms with van der Waals surface area (Å²) in [5.41, 5.74) is 0.617. The summed E-state index contributed by atoms with van der Waals surface area (Å²) in [5, 5.41) is 31.6. The molecule has 0 aromatic carbocycles. The summed E-state index contributed by atoms with van der Waals surface area (Å²) in [6.45, 7) is 4.09. The summed E-state index contributed by atoms with van der Waals surface area (Å²) < 4.78 is 17.7. The van der Waals surface area contributed by atoms with Gasteiger partial charge in [-0.3, -0.25) is 0 Å². The Morgan fingerprint density at radius 3 is 1.52 bits per heavy atom. The third-order valence-corrected chi connectivity index (χ3v) is 10.0. The van der Waals surface area contributed by atoms with Crippen molar-refractivity contribution in [1.82, 2.24) is 0 Å². The van der Waals surface area contributed by atoms with Crippen LogP contribution in [0.3, 0.4) is 0 Å². The quantitative estimate of drug-likeness (QED) is 0.0703. The highest BCUT2D eigenvalue weighted by Crippen LogP contribution is 2.34. The van der Waals surface area contributed by atoms with E-state index in [1.54, 1.807) is 0 Å². The number of carbonyl (C=O) groups is 1. The van der Waals surface area contributed by atoms with Gasteiger partial charge in [0.2, 0.25) is 0 Å². The number of cyclic esters (lactones) is 1. The van der Waals surface area contributed by atoms with Crippen LogP contribution in [0.5, 0.6) is 0 Å². The highest BCUT2D eigenvalue weighted by Gasteiger charge is 2.40. The van der Waals surface area contributed by atoms with Crippen molar-refractivity contribution in [2.45, 2.75) is 217 Å². The van der Waals surface area contributed by atoms with Crippen molar-refractivity contribution in [2.24, 2.45) is 0 Å². The molecule has 0 spiro atoms. The van der Waals surface area contributed by atoms with Crippen LogP contribution in [0.2, 0.25) is 0 Å². The maximum Gasteiger partial charge on any atom is 0.334 e. The maximum atomic E-state index is 11.7. The van der Waals surface area contributed by atoms with Crippen molar-refractivity contribution in [1.29, 1.82) is 0 Å². The standard InChI is InChI=1S/C37H66O7/c1-3-4-5-6-7-11-14-17-20-31(39)33-22-24-35(43-33)36-25-23-34(44-36)32(40)21-18-15-12-9-8-10-13-16-19-30(38)27-29-26-28(2)42-37(29)41/h26,28,30-36,38-40H,3-25,27H2,1-2H3/t28?,30?,31-,32-,33+,34-,35-,36+/m0/s1. The molecule has 2 unspecified atom stereocenters. The Kier molecular flexibility index (Phi) is 18.5. The number of aliphatic hydroxyl groups is 3. The molecule has 0 saturated carbocycles. The van der Waals surface area contributed by atoms with Gasteiger partial charge in [0.05, 0.1) is 42.7 Å². The Morgan fingerprint density at radius 1 is 0.659 bits per heavy atom. The molecule has 0 radical (unpaired) electrons. The van der Waals surface area contributed by atoms with Crippen LogP contribution in [0, 0.1) is 0 Å². The van der Waals surface area contributed by atoms with Crippen molar-refractivity contribution in [2.75, 3.05) is 0 Å². The molecule has 2 fully saturated rings. The van der Waals surface area contributed by atoms with Crippen LogP contribution in [0.25, 0.3) is 0 Å². The third-order valence-electron chi connectivity index (χ3n) is 10.0. The molecule has 44 heavy (non-hydrogen) atoms. The molecule has 7 heteroatoms. The lowest BCUT2D eigenvalue weighted by Crippen LogP contribution is -2.33. The molecule has 2 saturated heterocycles. The molecule has 0 bridgehead atoms. The average Bonchev–Trinajstić information content (AvgIpc) is 3.75. The van der Waals surface area contributed by atoms with E-state index < -0.39 is 12.2 Å². The summed E-state index contributed by atoms with van der Waals surface area (Å²) in [6, 6.07) is 0. The minimum atomic E-state index is -0.463. The van der Waals surface area contributed by atoms with Gasteiger partial charge in [-0.1, -0.05) is 110 Å². The van der Waals surface area contributed by atoms with E-state index in [-0.39, 0.29) is 42.6 Å². The fourth-order valence-electron chi connectivity index (χ4n) is 7.28. The molecule has 0 aromatic rings. The summed E-state index contributed by atoms with van der Waals surface area (Å²) in [4.78, 5) is 11.7. The Hall–Kier alpha value is -0.990. The topological polar surface area (TPSA) is 105 Å². The number of unbranched alkanes of at least 4 members (excludes halogenated alkanes) is 14. The second kappa shape index (κ2) is 21.7. The number of carbonyl (C=O) groups excluding carboxylic acids is 1. The van der Waals surface area contributed by atoms with Gasteiger partial charge < -0.3 is 29.5 Å². The number of hydrogen-bond acceptors (Lipinski definition) is 7. The number of aliphatic hydroxyl groups excluding tert-OH is 3. The van der Waals surface area contributed by atoms with Crippen LogP contribution in [-0.4, -0.2) is 70.1 Å². The molecular formula is C37H66O7. The number of rotatable bonds is 25. The average molecular weight is 623 g/mol. The van der Waals surface area contributed by atoms with Crippen LogP contribution < -0.4 is 0 Å². The zero-order valence-corrected chi connectivity index (χ0v) is 28.1. The predicted octanol–water partition coefficient (Wildman–Crippen LogP) is 7.86. The first-order valence-electron chi connectivity index (χ1n) is 18.6. The SMILES string of the molecule is CCCCCCCCCC[C@H](O)[C@H]1CC[C@@H]([C@H]2CC[C@@H]([C@@H](O)CCCCCCCCCCC(O)CC3=CC(C)OC3=O)O2)O1. The zero-order chi connectivity index (χ0) is 31.6. The lowest BCUT2D eigenvalue weighted by atomic mass is 10.00.